The molecule has 1 aliphatic rings. The van der Waals surface area contributed by atoms with Crippen molar-refractivity contribution in [1.29, 1.82) is 0 Å². The van der Waals surface area contributed by atoms with E-state index in [2.05, 4.69) is 20.9 Å². The summed E-state index contributed by atoms with van der Waals surface area (Å²) < 4.78 is 5.49. The highest BCUT2D eigenvalue weighted by Crippen LogP contribution is 2.19. The molecule has 3 N–H and O–H groups in total. The Bertz CT molecular complexity index is 819. The van der Waals surface area contributed by atoms with Crippen molar-refractivity contribution in [2.75, 3.05) is 6.61 Å². The van der Waals surface area contributed by atoms with Gasteiger partial charge in [-0.3, -0.25) is 9.78 Å². The fraction of sp³-hybridized carbons (Fsp3) is 0.381. The van der Waals surface area contributed by atoms with Crippen LogP contribution in [0.2, 0.25) is 0 Å². The fourth-order valence-corrected chi connectivity index (χ4v) is 2.70. The van der Waals surface area contributed by atoms with E-state index in [4.69, 9.17) is 4.74 Å². The maximum Gasteiger partial charge on any atom is 0.315 e. The van der Waals surface area contributed by atoms with Gasteiger partial charge in [0.1, 0.15) is 5.75 Å². The zero-order valence-electron chi connectivity index (χ0n) is 16.2. The van der Waals surface area contributed by atoms with Gasteiger partial charge in [0.25, 0.3) is 5.91 Å². The molecular formula is C21H26N4O3. The van der Waals surface area contributed by atoms with Crippen LogP contribution in [-0.4, -0.2) is 29.6 Å². The number of ether oxygens (including phenoxy) is 1. The third-order valence-electron chi connectivity index (χ3n) is 4.42. The van der Waals surface area contributed by atoms with Crippen LogP contribution < -0.4 is 20.7 Å². The van der Waals surface area contributed by atoms with Gasteiger partial charge in [-0.25, -0.2) is 4.79 Å². The maximum atomic E-state index is 12.1. The highest BCUT2D eigenvalue weighted by atomic mass is 16.5. The topological polar surface area (TPSA) is 92.4 Å². The molecule has 0 saturated heterocycles. The number of nitrogens with zero attached hydrogens (tertiary/aromatic N) is 1. The number of hydrogen-bond donors (Lipinski definition) is 3. The van der Waals surface area contributed by atoms with Gasteiger partial charge in [-0.15, -0.1) is 0 Å². The van der Waals surface area contributed by atoms with Crippen molar-refractivity contribution in [3.8, 4) is 5.75 Å². The van der Waals surface area contributed by atoms with Gasteiger partial charge in [0.05, 0.1) is 18.3 Å². The molecule has 7 heteroatoms. The summed E-state index contributed by atoms with van der Waals surface area (Å²) in [4.78, 5) is 28.1. The van der Waals surface area contributed by atoms with Crippen molar-refractivity contribution in [2.24, 2.45) is 0 Å². The second kappa shape index (κ2) is 9.21. The van der Waals surface area contributed by atoms with Gasteiger partial charge in [-0.1, -0.05) is 18.2 Å². The largest absolute Gasteiger partial charge is 0.484 e. The summed E-state index contributed by atoms with van der Waals surface area (Å²) >= 11 is 0. The monoisotopic (exact) mass is 382 g/mol. The second-order valence-electron chi connectivity index (χ2n) is 7.02. The number of urea groups is 1. The Morgan fingerprint density at radius 2 is 1.93 bits per heavy atom. The summed E-state index contributed by atoms with van der Waals surface area (Å²) in [5, 5.41) is 8.59. The molecule has 1 atom stereocenters. The Labute approximate surface area is 164 Å². The van der Waals surface area contributed by atoms with Crippen molar-refractivity contribution in [2.45, 2.75) is 45.3 Å². The predicted octanol–water partition coefficient (Wildman–Crippen LogP) is 2.61. The Morgan fingerprint density at radius 1 is 1.18 bits per heavy atom. The second-order valence-corrected chi connectivity index (χ2v) is 7.02. The number of pyridine rings is 1. The van der Waals surface area contributed by atoms with Crippen molar-refractivity contribution in [1.82, 2.24) is 20.9 Å². The molecule has 0 bridgehead atoms. The van der Waals surface area contributed by atoms with E-state index < -0.39 is 0 Å². The highest BCUT2D eigenvalue weighted by molar-refractivity contribution is 5.78. The quantitative estimate of drug-likeness (QED) is 0.654. The molecule has 2 aromatic rings. The first-order chi connectivity index (χ1) is 13.5. The molecule has 1 aliphatic carbocycles. The maximum absolute atomic E-state index is 12.1. The lowest BCUT2D eigenvalue weighted by Crippen LogP contribution is -2.36. The van der Waals surface area contributed by atoms with E-state index in [0.29, 0.717) is 18.3 Å². The van der Waals surface area contributed by atoms with Crippen LogP contribution >= 0.6 is 0 Å². The third kappa shape index (κ3) is 6.26. The van der Waals surface area contributed by atoms with Crippen molar-refractivity contribution in [3.05, 3.63) is 59.4 Å². The summed E-state index contributed by atoms with van der Waals surface area (Å²) in [7, 11) is 0. The van der Waals surface area contributed by atoms with Crippen molar-refractivity contribution in [3.63, 3.8) is 0 Å². The fourth-order valence-electron chi connectivity index (χ4n) is 2.70. The van der Waals surface area contributed by atoms with Crippen LogP contribution in [0.3, 0.4) is 0 Å². The number of rotatable bonds is 8. The smallest absolute Gasteiger partial charge is 0.315 e. The van der Waals surface area contributed by atoms with Crippen LogP contribution in [0, 0.1) is 6.92 Å². The standard InChI is InChI=1S/C21H26N4O3/c1-14-4-3-5-18(23-14)12-22-21(27)24-15(2)16-6-10-19(11-7-16)28-13-20(26)25-17-8-9-17/h3-7,10-11,15,17H,8-9,12-13H2,1-2H3,(H,25,26)(H2,22,24,27). The Balaban J connectivity index is 1.42. The molecule has 1 aromatic carbocycles. The first kappa shape index (κ1) is 19.7. The average molecular weight is 382 g/mol. The molecular weight excluding hydrogens is 356 g/mol. The highest BCUT2D eigenvalue weighted by Gasteiger charge is 2.23. The molecule has 3 rings (SSSR count). The number of aromatic nitrogens is 1. The van der Waals surface area contributed by atoms with E-state index in [1.165, 1.54) is 0 Å². The number of nitrogens with one attached hydrogen (secondary N) is 3. The molecule has 28 heavy (non-hydrogen) atoms. The molecule has 148 valence electrons. The molecule has 1 saturated carbocycles. The van der Waals surface area contributed by atoms with E-state index in [0.717, 1.165) is 29.8 Å². The first-order valence-corrected chi connectivity index (χ1v) is 9.48. The Hall–Kier alpha value is -3.09. The van der Waals surface area contributed by atoms with Crippen molar-refractivity contribution < 1.29 is 14.3 Å². The minimum absolute atomic E-state index is 0.0129. The van der Waals surface area contributed by atoms with Gasteiger partial charge in [0.2, 0.25) is 0 Å². The number of hydrogen-bond acceptors (Lipinski definition) is 4. The molecule has 1 heterocycles. The minimum Gasteiger partial charge on any atom is -0.484 e. The first-order valence-electron chi connectivity index (χ1n) is 9.48. The molecule has 1 aromatic heterocycles. The lowest BCUT2D eigenvalue weighted by atomic mass is 10.1. The summed E-state index contributed by atoms with van der Waals surface area (Å²) in [6, 6.07) is 13.0. The van der Waals surface area contributed by atoms with Gasteiger partial charge in [0, 0.05) is 11.7 Å². The Kier molecular flexibility index (Phi) is 6.47. The average Bonchev–Trinajstić information content (AvgIpc) is 3.49. The molecule has 0 radical (unpaired) electrons. The normalized spacial score (nSPS) is 14.1. The summed E-state index contributed by atoms with van der Waals surface area (Å²) in [6.07, 6.45) is 2.11. The molecule has 0 spiro atoms. The number of benzene rings is 1. The zero-order chi connectivity index (χ0) is 19.9. The van der Waals surface area contributed by atoms with E-state index in [-0.39, 0.29) is 24.6 Å². The van der Waals surface area contributed by atoms with Crippen LogP contribution in [0.5, 0.6) is 5.75 Å². The van der Waals surface area contributed by atoms with Crippen LogP contribution in [0.4, 0.5) is 4.79 Å². The minimum atomic E-state index is -0.257. The van der Waals surface area contributed by atoms with Crippen LogP contribution in [-0.2, 0) is 11.3 Å². The number of carbonyl (C=O) groups is 2. The van der Waals surface area contributed by atoms with Gasteiger partial charge < -0.3 is 20.7 Å². The van der Waals surface area contributed by atoms with Crippen LogP contribution in [0.1, 0.15) is 42.8 Å². The Morgan fingerprint density at radius 3 is 2.61 bits per heavy atom. The van der Waals surface area contributed by atoms with Gasteiger partial charge in [-0.05, 0) is 56.5 Å². The number of aryl methyl sites for hydroxylation is 1. The molecule has 1 unspecified atom stereocenters. The SMILES string of the molecule is Cc1cccc(CNC(=O)NC(C)c2ccc(OCC(=O)NC3CC3)cc2)n1. The zero-order valence-corrected chi connectivity index (χ0v) is 16.2. The van der Waals surface area contributed by atoms with Crippen molar-refractivity contribution >= 4 is 11.9 Å². The van der Waals surface area contributed by atoms with Crippen LogP contribution in [0.25, 0.3) is 0 Å². The molecule has 1 fully saturated rings. The summed E-state index contributed by atoms with van der Waals surface area (Å²) in [6.45, 7) is 4.21. The predicted molar refractivity (Wildman–Crippen MR) is 106 cm³/mol. The molecule has 3 amide bonds. The van der Waals surface area contributed by atoms with Gasteiger partial charge in [-0.2, -0.15) is 0 Å². The van der Waals surface area contributed by atoms with E-state index in [1.54, 1.807) is 12.1 Å². The molecule has 7 nitrogen and oxygen atoms in total. The van der Waals surface area contributed by atoms with E-state index >= 15 is 0 Å². The van der Waals surface area contributed by atoms with E-state index in [1.807, 2.05) is 44.2 Å². The van der Waals surface area contributed by atoms with Crippen LogP contribution in [0.15, 0.2) is 42.5 Å². The van der Waals surface area contributed by atoms with Gasteiger partial charge >= 0.3 is 6.03 Å². The lowest BCUT2D eigenvalue weighted by molar-refractivity contribution is -0.123. The molecule has 0 aliphatic heterocycles. The third-order valence-corrected chi connectivity index (χ3v) is 4.42. The van der Waals surface area contributed by atoms with Gasteiger partial charge in [0.15, 0.2) is 6.61 Å². The lowest BCUT2D eigenvalue weighted by Gasteiger charge is -2.16. The van der Waals surface area contributed by atoms with E-state index in [9.17, 15) is 9.59 Å². The number of amides is 3. The summed E-state index contributed by atoms with van der Waals surface area (Å²) in [5.41, 5.74) is 2.68. The number of carbonyl (C=O) groups excluding carboxylic acids is 2. The summed E-state index contributed by atoms with van der Waals surface area (Å²) in [5.74, 6) is 0.526.